The fourth-order valence-electron chi connectivity index (χ4n) is 3.43. The van der Waals surface area contributed by atoms with Crippen LogP contribution in [0.2, 0.25) is 0 Å². The molecule has 4 nitrogen and oxygen atoms in total. The number of fused-ring (bicyclic) bond motifs is 1. The van der Waals surface area contributed by atoms with Crippen LogP contribution in [0.4, 0.5) is 0 Å². The van der Waals surface area contributed by atoms with Gasteiger partial charge in [-0.05, 0) is 35.4 Å². The van der Waals surface area contributed by atoms with Crippen molar-refractivity contribution in [2.75, 3.05) is 0 Å². The van der Waals surface area contributed by atoms with Gasteiger partial charge in [-0.25, -0.2) is 4.98 Å². The smallest absolute Gasteiger partial charge is 0.146 e. The van der Waals surface area contributed by atoms with Crippen molar-refractivity contribution in [3.05, 3.63) is 97.7 Å². The van der Waals surface area contributed by atoms with Crippen LogP contribution in [0, 0.1) is 0 Å². The van der Waals surface area contributed by atoms with Gasteiger partial charge in [0.1, 0.15) is 5.82 Å². The van der Waals surface area contributed by atoms with E-state index < -0.39 is 0 Å². The van der Waals surface area contributed by atoms with Gasteiger partial charge in [-0.15, -0.1) is 0 Å². The third-order valence-electron chi connectivity index (χ3n) is 4.65. The number of hydrogen-bond donors (Lipinski definition) is 0. The number of pyridine rings is 2. The van der Waals surface area contributed by atoms with Gasteiger partial charge in [0.15, 0.2) is 0 Å². The molecule has 0 saturated heterocycles. The summed E-state index contributed by atoms with van der Waals surface area (Å²) in [5.41, 5.74) is 5.27. The first kappa shape index (κ1) is 15.5. The van der Waals surface area contributed by atoms with Crippen molar-refractivity contribution in [1.82, 2.24) is 19.5 Å². The predicted octanol–water partition coefficient (Wildman–Crippen LogP) is 5.15. The number of benzene rings is 2. The van der Waals surface area contributed by atoms with Crippen LogP contribution in [0.25, 0.3) is 39.1 Å². The maximum Gasteiger partial charge on any atom is 0.146 e. The molecule has 0 aliphatic carbocycles. The summed E-state index contributed by atoms with van der Waals surface area (Å²) in [6, 6.07) is 22.7. The number of aromatic nitrogens is 4. The van der Waals surface area contributed by atoms with Gasteiger partial charge in [0.25, 0.3) is 0 Å². The summed E-state index contributed by atoms with van der Waals surface area (Å²) in [7, 11) is 0. The van der Waals surface area contributed by atoms with Crippen LogP contribution in [-0.2, 0) is 0 Å². The van der Waals surface area contributed by atoms with Crippen molar-refractivity contribution in [2.24, 2.45) is 0 Å². The molecule has 0 N–H and O–H groups in total. The Morgan fingerprint density at radius 1 is 0.667 bits per heavy atom. The second-order valence-electron chi connectivity index (χ2n) is 6.26. The average molecular weight is 348 g/mol. The molecule has 0 saturated carbocycles. The summed E-state index contributed by atoms with van der Waals surface area (Å²) >= 11 is 0. The van der Waals surface area contributed by atoms with Crippen LogP contribution in [0.15, 0.2) is 97.7 Å². The molecular weight excluding hydrogens is 332 g/mol. The Morgan fingerprint density at radius 2 is 1.56 bits per heavy atom. The van der Waals surface area contributed by atoms with Crippen molar-refractivity contribution >= 4 is 10.9 Å². The molecule has 5 aromatic rings. The fourth-order valence-corrected chi connectivity index (χ4v) is 3.43. The van der Waals surface area contributed by atoms with E-state index in [2.05, 4.69) is 63.1 Å². The van der Waals surface area contributed by atoms with Crippen LogP contribution in [-0.4, -0.2) is 19.5 Å². The lowest BCUT2D eigenvalue weighted by atomic mass is 10.0. The third-order valence-corrected chi connectivity index (χ3v) is 4.65. The number of imidazole rings is 1. The van der Waals surface area contributed by atoms with Crippen LogP contribution in [0.5, 0.6) is 0 Å². The first-order valence-electron chi connectivity index (χ1n) is 8.79. The Kier molecular flexibility index (Phi) is 3.72. The molecule has 0 radical (unpaired) electrons. The van der Waals surface area contributed by atoms with Gasteiger partial charge in [0.2, 0.25) is 0 Å². The molecule has 0 fully saturated rings. The molecule has 0 spiro atoms. The highest BCUT2D eigenvalue weighted by molar-refractivity contribution is 5.98. The van der Waals surface area contributed by atoms with E-state index in [9.17, 15) is 0 Å². The number of para-hydroxylation sites is 1. The zero-order valence-corrected chi connectivity index (χ0v) is 14.5. The van der Waals surface area contributed by atoms with Gasteiger partial charge < -0.3 is 0 Å². The molecule has 3 aromatic heterocycles. The second-order valence-corrected chi connectivity index (χ2v) is 6.26. The molecule has 0 bridgehead atoms. The fraction of sp³-hybridized carbons (Fsp3) is 0. The quantitative estimate of drug-likeness (QED) is 0.453. The summed E-state index contributed by atoms with van der Waals surface area (Å²) in [5, 5.41) is 1.12. The number of hydrogen-bond acceptors (Lipinski definition) is 3. The molecule has 0 unspecified atom stereocenters. The van der Waals surface area contributed by atoms with Crippen molar-refractivity contribution in [3.8, 4) is 28.2 Å². The Morgan fingerprint density at radius 3 is 2.41 bits per heavy atom. The zero-order chi connectivity index (χ0) is 18.1. The van der Waals surface area contributed by atoms with Crippen molar-refractivity contribution in [1.29, 1.82) is 0 Å². The molecule has 0 aliphatic rings. The van der Waals surface area contributed by atoms with Crippen molar-refractivity contribution in [2.45, 2.75) is 0 Å². The SMILES string of the molecule is c1ccc(-c2ccnc3c(-n4ccnc4-c4cccnc4)cccc23)cc1. The summed E-state index contributed by atoms with van der Waals surface area (Å²) in [6.45, 7) is 0. The normalized spacial score (nSPS) is 11.0. The summed E-state index contributed by atoms with van der Waals surface area (Å²) in [5.74, 6) is 0.850. The van der Waals surface area contributed by atoms with Crippen LogP contribution in [0.3, 0.4) is 0 Å². The Bertz CT molecular complexity index is 1210. The van der Waals surface area contributed by atoms with Crippen molar-refractivity contribution < 1.29 is 0 Å². The highest BCUT2D eigenvalue weighted by Gasteiger charge is 2.13. The lowest BCUT2D eigenvalue weighted by molar-refractivity contribution is 1.07. The molecule has 0 amide bonds. The molecule has 0 aliphatic heterocycles. The van der Waals surface area contributed by atoms with E-state index >= 15 is 0 Å². The predicted molar refractivity (Wildman–Crippen MR) is 108 cm³/mol. The van der Waals surface area contributed by atoms with Gasteiger partial charge in [-0.1, -0.05) is 42.5 Å². The van der Waals surface area contributed by atoms with E-state index in [1.165, 1.54) is 11.1 Å². The van der Waals surface area contributed by atoms with Gasteiger partial charge in [0.05, 0.1) is 11.2 Å². The molecule has 4 heteroatoms. The molecule has 3 heterocycles. The molecule has 5 rings (SSSR count). The third kappa shape index (κ3) is 2.68. The maximum absolute atomic E-state index is 4.69. The Balaban J connectivity index is 1.74. The molecular formula is C23H16N4. The first-order chi connectivity index (χ1) is 13.4. The Hall–Kier alpha value is -3.79. The Labute approximate surface area is 156 Å². The van der Waals surface area contributed by atoms with E-state index in [1.54, 1.807) is 6.20 Å². The lowest BCUT2D eigenvalue weighted by Crippen LogP contribution is -1.99. The molecule has 128 valence electrons. The zero-order valence-electron chi connectivity index (χ0n) is 14.5. The standard InChI is InChI=1S/C23H16N4/c1-2-6-17(7-3-1)19-11-13-25-22-20(19)9-4-10-21(22)27-15-14-26-23(27)18-8-5-12-24-16-18/h1-16H. The van der Waals surface area contributed by atoms with Gasteiger partial charge in [0, 0.05) is 41.9 Å². The number of rotatable bonds is 3. The minimum atomic E-state index is 0.850. The second kappa shape index (κ2) is 6.50. The topological polar surface area (TPSA) is 43.6 Å². The van der Waals surface area contributed by atoms with E-state index in [0.29, 0.717) is 0 Å². The highest BCUT2D eigenvalue weighted by atomic mass is 15.1. The summed E-state index contributed by atoms with van der Waals surface area (Å²) in [6.07, 6.45) is 9.24. The summed E-state index contributed by atoms with van der Waals surface area (Å²) in [4.78, 5) is 13.5. The minimum absolute atomic E-state index is 0.850. The van der Waals surface area contributed by atoms with E-state index in [0.717, 1.165) is 28.0 Å². The van der Waals surface area contributed by atoms with Gasteiger partial charge in [-0.2, -0.15) is 0 Å². The van der Waals surface area contributed by atoms with Crippen LogP contribution >= 0.6 is 0 Å². The van der Waals surface area contributed by atoms with Crippen molar-refractivity contribution in [3.63, 3.8) is 0 Å². The van der Waals surface area contributed by atoms with E-state index in [4.69, 9.17) is 4.98 Å². The first-order valence-corrected chi connectivity index (χ1v) is 8.79. The van der Waals surface area contributed by atoms with Crippen LogP contribution < -0.4 is 0 Å². The highest BCUT2D eigenvalue weighted by Crippen LogP contribution is 2.31. The molecule has 2 aromatic carbocycles. The minimum Gasteiger partial charge on any atom is -0.298 e. The molecule has 0 atom stereocenters. The van der Waals surface area contributed by atoms with Crippen LogP contribution in [0.1, 0.15) is 0 Å². The average Bonchev–Trinajstić information content (AvgIpc) is 3.24. The lowest BCUT2D eigenvalue weighted by Gasteiger charge is -2.13. The van der Waals surface area contributed by atoms with Gasteiger partial charge in [-0.3, -0.25) is 14.5 Å². The monoisotopic (exact) mass is 348 g/mol. The maximum atomic E-state index is 4.69. The van der Waals surface area contributed by atoms with Gasteiger partial charge >= 0.3 is 0 Å². The van der Waals surface area contributed by atoms with E-state index in [-0.39, 0.29) is 0 Å². The van der Waals surface area contributed by atoms with E-state index in [1.807, 2.05) is 43.0 Å². The molecule has 27 heavy (non-hydrogen) atoms. The summed E-state index contributed by atoms with van der Waals surface area (Å²) < 4.78 is 2.07. The number of nitrogens with zero attached hydrogens (tertiary/aromatic N) is 4. The largest absolute Gasteiger partial charge is 0.298 e.